The van der Waals surface area contributed by atoms with Crippen LogP contribution < -0.4 is 5.32 Å². The van der Waals surface area contributed by atoms with Crippen LogP contribution in [0, 0.1) is 17.6 Å². The van der Waals surface area contributed by atoms with E-state index in [-0.39, 0.29) is 35.6 Å². The molecule has 1 N–H and O–H groups in total. The van der Waals surface area contributed by atoms with Crippen LogP contribution in [0.3, 0.4) is 0 Å². The lowest BCUT2D eigenvalue weighted by atomic mass is 9.87. The van der Waals surface area contributed by atoms with Crippen molar-refractivity contribution in [2.45, 2.75) is 38.6 Å². The first-order valence-electron chi connectivity index (χ1n) is 8.69. The largest absolute Gasteiger partial charge is 0.349 e. The number of rotatable bonds is 5. The number of Topliss-reactive ketones (excluding diaryl/α,β-unsaturated/α-hetero) is 1. The molecule has 0 aromatic heterocycles. The Bertz CT molecular complexity index is 850. The van der Waals surface area contributed by atoms with Gasteiger partial charge in [-0.15, -0.1) is 0 Å². The zero-order valence-electron chi connectivity index (χ0n) is 14.8. The minimum atomic E-state index is -0.709. The van der Waals surface area contributed by atoms with Crippen LogP contribution in [-0.4, -0.2) is 11.7 Å². The Hall–Kier alpha value is -2.56. The van der Waals surface area contributed by atoms with Crippen molar-refractivity contribution in [2.24, 2.45) is 5.92 Å². The number of ketones is 1. The van der Waals surface area contributed by atoms with Gasteiger partial charge in [-0.1, -0.05) is 37.3 Å². The van der Waals surface area contributed by atoms with Gasteiger partial charge in [0.2, 0.25) is 5.91 Å². The summed E-state index contributed by atoms with van der Waals surface area (Å²) in [5.74, 6) is -2.39. The first-order valence-corrected chi connectivity index (χ1v) is 8.69. The molecule has 3 nitrogen and oxygen atoms in total. The van der Waals surface area contributed by atoms with E-state index in [0.29, 0.717) is 6.42 Å². The fourth-order valence-corrected chi connectivity index (χ4v) is 3.74. The molecule has 0 saturated carbocycles. The topological polar surface area (TPSA) is 46.2 Å². The zero-order chi connectivity index (χ0) is 18.8. The standard InChI is InChI=1S/C21H21F2NO2/c1-12(17-8-7-16(22)11-19(17)23)20(26)10-15-9-14-5-3-4-6-18(14)21(15)24-13(2)25/h3-8,11-12,15,21H,9-10H2,1-2H3,(H,24,25)/t12-,15+,21+/m0/s1. The maximum absolute atomic E-state index is 14.0. The lowest BCUT2D eigenvalue weighted by molar-refractivity contribution is -0.123. The predicted octanol–water partition coefficient (Wildman–Crippen LogP) is 4.08. The highest BCUT2D eigenvalue weighted by molar-refractivity contribution is 5.86. The van der Waals surface area contributed by atoms with Crippen molar-refractivity contribution in [3.63, 3.8) is 0 Å². The summed E-state index contributed by atoms with van der Waals surface area (Å²) in [5, 5.41) is 2.94. The summed E-state index contributed by atoms with van der Waals surface area (Å²) in [7, 11) is 0. The van der Waals surface area contributed by atoms with Crippen molar-refractivity contribution in [3.05, 3.63) is 70.8 Å². The minimum absolute atomic E-state index is 0.0743. The third-order valence-electron chi connectivity index (χ3n) is 5.08. The predicted molar refractivity (Wildman–Crippen MR) is 94.6 cm³/mol. The second-order valence-electron chi connectivity index (χ2n) is 6.90. The molecule has 5 heteroatoms. The molecule has 0 bridgehead atoms. The molecular weight excluding hydrogens is 336 g/mol. The zero-order valence-corrected chi connectivity index (χ0v) is 14.8. The molecule has 3 atom stereocenters. The number of hydrogen-bond acceptors (Lipinski definition) is 2. The molecule has 0 fully saturated rings. The smallest absolute Gasteiger partial charge is 0.217 e. The Kier molecular flexibility index (Phi) is 5.16. The lowest BCUT2D eigenvalue weighted by Crippen LogP contribution is -2.31. The number of nitrogens with one attached hydrogen (secondary N) is 1. The molecule has 1 amide bonds. The van der Waals surface area contributed by atoms with E-state index in [4.69, 9.17) is 0 Å². The molecule has 2 aromatic carbocycles. The quantitative estimate of drug-likeness (QED) is 0.877. The number of fused-ring (bicyclic) bond motifs is 1. The second-order valence-corrected chi connectivity index (χ2v) is 6.90. The third kappa shape index (κ3) is 3.66. The first kappa shape index (κ1) is 18.2. The number of benzene rings is 2. The van der Waals surface area contributed by atoms with Crippen LogP contribution in [0.5, 0.6) is 0 Å². The summed E-state index contributed by atoms with van der Waals surface area (Å²) < 4.78 is 27.1. The minimum Gasteiger partial charge on any atom is -0.349 e. The summed E-state index contributed by atoms with van der Waals surface area (Å²) in [6.07, 6.45) is 0.906. The molecule has 0 saturated heterocycles. The normalized spacial score (nSPS) is 19.7. The molecule has 1 aliphatic carbocycles. The van der Waals surface area contributed by atoms with Gasteiger partial charge in [-0.2, -0.15) is 0 Å². The molecule has 136 valence electrons. The van der Waals surface area contributed by atoms with E-state index in [9.17, 15) is 18.4 Å². The Morgan fingerprint density at radius 2 is 1.92 bits per heavy atom. The van der Waals surface area contributed by atoms with Crippen molar-refractivity contribution >= 4 is 11.7 Å². The summed E-state index contributed by atoms with van der Waals surface area (Å²) in [6.45, 7) is 3.09. The molecular formula is C21H21F2NO2. The van der Waals surface area contributed by atoms with Gasteiger partial charge < -0.3 is 5.32 Å². The van der Waals surface area contributed by atoms with Crippen LogP contribution in [0.2, 0.25) is 0 Å². The third-order valence-corrected chi connectivity index (χ3v) is 5.08. The Balaban J connectivity index is 1.78. The van der Waals surface area contributed by atoms with Gasteiger partial charge in [0.05, 0.1) is 6.04 Å². The van der Waals surface area contributed by atoms with Crippen molar-refractivity contribution in [2.75, 3.05) is 0 Å². The lowest BCUT2D eigenvalue weighted by Gasteiger charge is -2.22. The first-order chi connectivity index (χ1) is 12.4. The number of carbonyl (C=O) groups is 2. The maximum Gasteiger partial charge on any atom is 0.217 e. The highest BCUT2D eigenvalue weighted by Gasteiger charge is 2.35. The summed E-state index contributed by atoms with van der Waals surface area (Å²) in [5.41, 5.74) is 2.34. The average Bonchev–Trinajstić information content (AvgIpc) is 2.91. The van der Waals surface area contributed by atoms with E-state index in [2.05, 4.69) is 5.32 Å². The van der Waals surface area contributed by atoms with E-state index in [1.807, 2.05) is 24.3 Å². The molecule has 0 radical (unpaired) electrons. The summed E-state index contributed by atoms with van der Waals surface area (Å²) in [6, 6.07) is 10.9. The second kappa shape index (κ2) is 7.36. The van der Waals surface area contributed by atoms with Crippen molar-refractivity contribution in [3.8, 4) is 0 Å². The number of halogens is 2. The van der Waals surface area contributed by atoms with Gasteiger partial charge in [-0.05, 0) is 35.1 Å². The van der Waals surface area contributed by atoms with Gasteiger partial charge in [0.15, 0.2) is 0 Å². The van der Waals surface area contributed by atoms with Crippen LogP contribution in [-0.2, 0) is 16.0 Å². The van der Waals surface area contributed by atoms with Gasteiger partial charge in [-0.25, -0.2) is 8.78 Å². The van der Waals surface area contributed by atoms with Crippen LogP contribution in [0.15, 0.2) is 42.5 Å². The van der Waals surface area contributed by atoms with Gasteiger partial charge in [0.25, 0.3) is 0 Å². The molecule has 1 aliphatic rings. The van der Waals surface area contributed by atoms with E-state index < -0.39 is 17.6 Å². The molecule has 0 aliphatic heterocycles. The number of amides is 1. The number of hydrogen-bond donors (Lipinski definition) is 1. The van der Waals surface area contributed by atoms with Crippen molar-refractivity contribution in [1.82, 2.24) is 5.32 Å². The highest BCUT2D eigenvalue weighted by atomic mass is 19.1. The summed E-state index contributed by atoms with van der Waals surface area (Å²) in [4.78, 5) is 24.3. The van der Waals surface area contributed by atoms with Crippen LogP contribution in [0.4, 0.5) is 8.78 Å². The highest BCUT2D eigenvalue weighted by Crippen LogP contribution is 2.39. The Morgan fingerprint density at radius 3 is 2.62 bits per heavy atom. The molecule has 3 rings (SSSR count). The Morgan fingerprint density at radius 1 is 1.19 bits per heavy atom. The van der Waals surface area contributed by atoms with Crippen LogP contribution in [0.25, 0.3) is 0 Å². The van der Waals surface area contributed by atoms with Gasteiger partial charge in [-0.3, -0.25) is 9.59 Å². The molecule has 0 unspecified atom stereocenters. The van der Waals surface area contributed by atoms with E-state index in [1.165, 1.54) is 13.0 Å². The van der Waals surface area contributed by atoms with E-state index in [0.717, 1.165) is 23.3 Å². The fraction of sp³-hybridized carbons (Fsp3) is 0.333. The Labute approximate surface area is 151 Å². The van der Waals surface area contributed by atoms with Gasteiger partial charge >= 0.3 is 0 Å². The SMILES string of the molecule is CC(=O)N[C@H]1c2ccccc2C[C@@H]1CC(=O)[C@@H](C)c1ccc(F)cc1F. The average molecular weight is 357 g/mol. The molecule has 2 aromatic rings. The maximum atomic E-state index is 14.0. The van der Waals surface area contributed by atoms with Crippen LogP contribution >= 0.6 is 0 Å². The van der Waals surface area contributed by atoms with Crippen LogP contribution in [0.1, 0.15) is 48.9 Å². The molecule has 0 spiro atoms. The monoisotopic (exact) mass is 357 g/mol. The van der Waals surface area contributed by atoms with E-state index >= 15 is 0 Å². The summed E-state index contributed by atoms with van der Waals surface area (Å²) >= 11 is 0. The molecule has 0 heterocycles. The fourth-order valence-electron chi connectivity index (χ4n) is 3.74. The van der Waals surface area contributed by atoms with Gasteiger partial charge in [0, 0.05) is 25.3 Å². The number of carbonyl (C=O) groups excluding carboxylic acids is 2. The van der Waals surface area contributed by atoms with Crippen molar-refractivity contribution < 1.29 is 18.4 Å². The van der Waals surface area contributed by atoms with Crippen molar-refractivity contribution in [1.29, 1.82) is 0 Å². The van der Waals surface area contributed by atoms with Gasteiger partial charge in [0.1, 0.15) is 17.4 Å². The molecule has 26 heavy (non-hydrogen) atoms. The van der Waals surface area contributed by atoms with E-state index in [1.54, 1.807) is 6.92 Å².